The fourth-order valence-electron chi connectivity index (χ4n) is 2.47. The van der Waals surface area contributed by atoms with Crippen LogP contribution in [0.25, 0.3) is 0 Å². The van der Waals surface area contributed by atoms with Crippen LogP contribution in [-0.4, -0.2) is 18.6 Å². The van der Waals surface area contributed by atoms with Crippen molar-refractivity contribution in [3.8, 4) is 5.75 Å². The molecule has 0 bridgehead atoms. The highest BCUT2D eigenvalue weighted by molar-refractivity contribution is 5.42. The smallest absolute Gasteiger partial charge is 0.119 e. The van der Waals surface area contributed by atoms with Gasteiger partial charge >= 0.3 is 0 Å². The van der Waals surface area contributed by atoms with Crippen LogP contribution in [0.1, 0.15) is 35.2 Å². The maximum absolute atomic E-state index is 5.29. The molecule has 2 rings (SSSR count). The van der Waals surface area contributed by atoms with Gasteiger partial charge in [0, 0.05) is 12.4 Å². The summed E-state index contributed by atoms with van der Waals surface area (Å²) in [6.45, 7) is 7.27. The molecule has 1 N–H and O–H groups in total. The van der Waals surface area contributed by atoms with Gasteiger partial charge in [0.2, 0.25) is 0 Å². The Balaban J connectivity index is 2.46. The first kappa shape index (κ1) is 14.5. The van der Waals surface area contributed by atoms with E-state index in [9.17, 15) is 0 Å². The Kier molecular flexibility index (Phi) is 4.74. The number of nitrogens with one attached hydrogen (secondary N) is 1. The van der Waals surface area contributed by atoms with Crippen molar-refractivity contribution >= 4 is 0 Å². The van der Waals surface area contributed by atoms with Crippen molar-refractivity contribution in [2.24, 2.45) is 0 Å². The fraction of sp³-hybridized carbons (Fsp3) is 0.353. The van der Waals surface area contributed by atoms with Crippen molar-refractivity contribution in [3.63, 3.8) is 0 Å². The number of aryl methyl sites for hydroxylation is 2. The minimum absolute atomic E-state index is 0.166. The van der Waals surface area contributed by atoms with Gasteiger partial charge in [0.25, 0.3) is 0 Å². The SMILES string of the molecule is CCNC(c1ccc(OC)cc1C)c1cnccc1C. The molecule has 1 unspecified atom stereocenters. The van der Waals surface area contributed by atoms with E-state index >= 15 is 0 Å². The molecule has 2 aromatic rings. The summed E-state index contributed by atoms with van der Waals surface area (Å²) in [4.78, 5) is 4.27. The Morgan fingerprint density at radius 2 is 1.95 bits per heavy atom. The van der Waals surface area contributed by atoms with E-state index in [1.807, 2.05) is 18.5 Å². The molecular weight excluding hydrogens is 248 g/mol. The number of hydrogen-bond acceptors (Lipinski definition) is 3. The van der Waals surface area contributed by atoms with Crippen LogP contribution < -0.4 is 10.1 Å². The van der Waals surface area contributed by atoms with E-state index < -0.39 is 0 Å². The second-order valence-electron chi connectivity index (χ2n) is 4.95. The molecule has 0 saturated carbocycles. The van der Waals surface area contributed by atoms with E-state index in [0.717, 1.165) is 12.3 Å². The molecule has 1 heterocycles. The number of hydrogen-bond donors (Lipinski definition) is 1. The summed E-state index contributed by atoms with van der Waals surface area (Å²) in [6, 6.07) is 8.44. The first-order valence-corrected chi connectivity index (χ1v) is 6.95. The molecule has 0 spiro atoms. The number of aromatic nitrogens is 1. The number of ether oxygens (including phenoxy) is 1. The second-order valence-corrected chi connectivity index (χ2v) is 4.95. The van der Waals surface area contributed by atoms with E-state index in [1.165, 1.54) is 22.3 Å². The van der Waals surface area contributed by atoms with E-state index in [-0.39, 0.29) is 6.04 Å². The number of nitrogens with zero attached hydrogens (tertiary/aromatic N) is 1. The highest BCUT2D eigenvalue weighted by Gasteiger charge is 2.17. The zero-order chi connectivity index (χ0) is 14.5. The van der Waals surface area contributed by atoms with E-state index in [2.05, 4.69) is 49.3 Å². The highest BCUT2D eigenvalue weighted by Crippen LogP contribution is 2.28. The minimum atomic E-state index is 0.166. The second kappa shape index (κ2) is 6.53. The molecule has 20 heavy (non-hydrogen) atoms. The summed E-state index contributed by atoms with van der Waals surface area (Å²) in [6.07, 6.45) is 3.79. The predicted octanol–water partition coefficient (Wildman–Crippen LogP) is 3.41. The molecule has 1 atom stereocenters. The van der Waals surface area contributed by atoms with Gasteiger partial charge in [-0.2, -0.15) is 0 Å². The molecule has 0 aliphatic carbocycles. The van der Waals surface area contributed by atoms with Crippen LogP contribution in [0.3, 0.4) is 0 Å². The average molecular weight is 270 g/mol. The fourth-order valence-corrected chi connectivity index (χ4v) is 2.47. The first-order chi connectivity index (χ1) is 9.67. The van der Waals surface area contributed by atoms with Crippen LogP contribution >= 0.6 is 0 Å². The third-order valence-electron chi connectivity index (χ3n) is 3.59. The Morgan fingerprint density at radius 1 is 1.15 bits per heavy atom. The lowest BCUT2D eigenvalue weighted by atomic mass is 9.93. The van der Waals surface area contributed by atoms with Gasteiger partial charge in [-0.05, 0) is 60.8 Å². The highest BCUT2D eigenvalue weighted by atomic mass is 16.5. The molecule has 1 aromatic heterocycles. The van der Waals surface area contributed by atoms with Gasteiger partial charge in [-0.1, -0.05) is 13.0 Å². The summed E-state index contributed by atoms with van der Waals surface area (Å²) >= 11 is 0. The van der Waals surface area contributed by atoms with Gasteiger partial charge in [0.15, 0.2) is 0 Å². The zero-order valence-electron chi connectivity index (χ0n) is 12.6. The van der Waals surface area contributed by atoms with Gasteiger partial charge in [0.1, 0.15) is 5.75 Å². The number of benzene rings is 1. The predicted molar refractivity (Wildman–Crippen MR) is 82.2 cm³/mol. The topological polar surface area (TPSA) is 34.1 Å². The zero-order valence-corrected chi connectivity index (χ0v) is 12.6. The normalized spacial score (nSPS) is 12.2. The molecular formula is C17H22N2O. The lowest BCUT2D eigenvalue weighted by molar-refractivity contribution is 0.414. The summed E-state index contributed by atoms with van der Waals surface area (Å²) in [5.74, 6) is 0.893. The van der Waals surface area contributed by atoms with Crippen LogP contribution in [0.15, 0.2) is 36.7 Å². The molecule has 106 valence electrons. The lowest BCUT2D eigenvalue weighted by Crippen LogP contribution is -2.23. The van der Waals surface area contributed by atoms with Crippen molar-refractivity contribution in [2.45, 2.75) is 26.8 Å². The molecule has 0 radical (unpaired) electrons. The molecule has 3 heteroatoms. The minimum Gasteiger partial charge on any atom is -0.497 e. The Bertz CT molecular complexity index is 581. The van der Waals surface area contributed by atoms with Gasteiger partial charge < -0.3 is 10.1 Å². The first-order valence-electron chi connectivity index (χ1n) is 6.95. The molecule has 0 amide bonds. The quantitative estimate of drug-likeness (QED) is 0.904. The van der Waals surface area contributed by atoms with Gasteiger partial charge in [0.05, 0.1) is 13.2 Å². The van der Waals surface area contributed by atoms with Crippen LogP contribution in [-0.2, 0) is 0 Å². The summed E-state index contributed by atoms with van der Waals surface area (Å²) in [7, 11) is 1.70. The molecule has 0 fully saturated rings. The maximum atomic E-state index is 5.29. The molecule has 0 aliphatic rings. The number of pyridine rings is 1. The van der Waals surface area contributed by atoms with E-state index in [4.69, 9.17) is 4.74 Å². The van der Waals surface area contributed by atoms with Gasteiger partial charge in [-0.25, -0.2) is 0 Å². The van der Waals surface area contributed by atoms with Crippen molar-refractivity contribution in [1.82, 2.24) is 10.3 Å². The van der Waals surface area contributed by atoms with Crippen LogP contribution in [0.2, 0.25) is 0 Å². The summed E-state index contributed by atoms with van der Waals surface area (Å²) < 4.78 is 5.29. The van der Waals surface area contributed by atoms with Crippen molar-refractivity contribution in [2.75, 3.05) is 13.7 Å². The molecule has 1 aromatic carbocycles. The Labute approximate surface area is 121 Å². The lowest BCUT2D eigenvalue weighted by Gasteiger charge is -2.22. The van der Waals surface area contributed by atoms with Crippen molar-refractivity contribution in [1.29, 1.82) is 0 Å². The van der Waals surface area contributed by atoms with E-state index in [0.29, 0.717) is 0 Å². The third-order valence-corrected chi connectivity index (χ3v) is 3.59. The van der Waals surface area contributed by atoms with Gasteiger partial charge in [-0.3, -0.25) is 4.98 Å². The van der Waals surface area contributed by atoms with E-state index in [1.54, 1.807) is 7.11 Å². The largest absolute Gasteiger partial charge is 0.497 e. The Hall–Kier alpha value is -1.87. The van der Waals surface area contributed by atoms with Crippen molar-refractivity contribution < 1.29 is 4.74 Å². The van der Waals surface area contributed by atoms with Gasteiger partial charge in [-0.15, -0.1) is 0 Å². The van der Waals surface area contributed by atoms with Crippen LogP contribution in [0.5, 0.6) is 5.75 Å². The van der Waals surface area contributed by atoms with Crippen LogP contribution in [0, 0.1) is 13.8 Å². The standard InChI is InChI=1S/C17H22N2O/c1-5-19-17(16-11-18-9-8-12(16)2)15-7-6-14(20-4)10-13(15)3/h6-11,17,19H,5H2,1-4H3. The molecule has 3 nitrogen and oxygen atoms in total. The van der Waals surface area contributed by atoms with Crippen molar-refractivity contribution in [3.05, 3.63) is 58.9 Å². The summed E-state index contributed by atoms with van der Waals surface area (Å²) in [5.41, 5.74) is 4.96. The summed E-state index contributed by atoms with van der Waals surface area (Å²) in [5, 5.41) is 3.55. The van der Waals surface area contributed by atoms with Crippen LogP contribution in [0.4, 0.5) is 0 Å². The molecule has 0 saturated heterocycles. The monoisotopic (exact) mass is 270 g/mol. The molecule has 0 aliphatic heterocycles. The number of methoxy groups -OCH3 is 1. The maximum Gasteiger partial charge on any atom is 0.119 e. The average Bonchev–Trinajstić information content (AvgIpc) is 2.46. The Morgan fingerprint density at radius 3 is 2.55 bits per heavy atom. The third kappa shape index (κ3) is 2.99. The number of rotatable bonds is 5.